The molecular weight excluding hydrogens is 264 g/mol. The van der Waals surface area contributed by atoms with Crippen LogP contribution in [-0.4, -0.2) is 52.7 Å². The van der Waals surface area contributed by atoms with Crippen molar-refractivity contribution in [2.45, 2.75) is 26.4 Å². The number of carboxylic acids is 1. The average molecular weight is 284 g/mol. The second-order valence-corrected chi connectivity index (χ2v) is 4.27. The third-order valence-electron chi connectivity index (χ3n) is 2.95. The summed E-state index contributed by atoms with van der Waals surface area (Å²) in [5.74, 6) is -1.28. The van der Waals surface area contributed by atoms with Crippen LogP contribution in [0.15, 0.2) is 16.5 Å². The summed E-state index contributed by atoms with van der Waals surface area (Å²) in [5, 5.41) is 19.8. The number of carbonyl (C=O) groups is 2. The third-order valence-corrected chi connectivity index (χ3v) is 2.95. The summed E-state index contributed by atoms with van der Waals surface area (Å²) in [5.41, 5.74) is 0. The lowest BCUT2D eigenvalue weighted by atomic mass is 10.3. The number of carbonyl (C=O) groups excluding carboxylic acids is 1. The van der Waals surface area contributed by atoms with E-state index in [2.05, 4.69) is 10.2 Å². The van der Waals surface area contributed by atoms with Crippen molar-refractivity contribution in [1.82, 2.24) is 10.2 Å². The van der Waals surface area contributed by atoms with Crippen LogP contribution in [0.5, 0.6) is 0 Å². The number of hydrogen-bond acceptors (Lipinski definition) is 5. The smallest absolute Gasteiger partial charge is 0.328 e. The minimum absolute atomic E-state index is 0.0341. The van der Waals surface area contributed by atoms with Gasteiger partial charge in [0.1, 0.15) is 5.76 Å². The molecule has 1 aromatic heterocycles. The highest BCUT2D eigenvalue weighted by atomic mass is 16.4. The predicted molar refractivity (Wildman–Crippen MR) is 71.3 cm³/mol. The fourth-order valence-corrected chi connectivity index (χ4v) is 1.67. The van der Waals surface area contributed by atoms with Crippen LogP contribution in [-0.2, 0) is 11.3 Å². The minimum Gasteiger partial charge on any atom is -0.480 e. The molecule has 20 heavy (non-hydrogen) atoms. The Morgan fingerprint density at radius 3 is 2.50 bits per heavy atom. The normalized spacial score (nSPS) is 12.4. The van der Waals surface area contributed by atoms with E-state index in [0.29, 0.717) is 12.3 Å². The molecule has 7 heteroatoms. The van der Waals surface area contributed by atoms with Crippen molar-refractivity contribution in [3.05, 3.63) is 23.7 Å². The van der Waals surface area contributed by atoms with E-state index in [-0.39, 0.29) is 5.76 Å². The first-order valence-electron chi connectivity index (χ1n) is 6.47. The first kappa shape index (κ1) is 16.2. The number of aliphatic carboxylic acids is 1. The van der Waals surface area contributed by atoms with Gasteiger partial charge in [-0.25, -0.2) is 4.79 Å². The fraction of sp³-hybridized carbons (Fsp3) is 0.538. The molecular formula is C13H20N2O5. The summed E-state index contributed by atoms with van der Waals surface area (Å²) in [6.07, 6.45) is 0. The van der Waals surface area contributed by atoms with Gasteiger partial charge in [0.2, 0.25) is 0 Å². The van der Waals surface area contributed by atoms with Crippen molar-refractivity contribution < 1.29 is 24.2 Å². The second-order valence-electron chi connectivity index (χ2n) is 4.27. The zero-order chi connectivity index (χ0) is 15.1. The molecule has 0 aliphatic carbocycles. The number of hydrogen-bond donors (Lipinski definition) is 3. The Balaban J connectivity index is 2.66. The lowest BCUT2D eigenvalue weighted by Crippen LogP contribution is -2.43. The van der Waals surface area contributed by atoms with Crippen molar-refractivity contribution in [2.24, 2.45) is 0 Å². The number of rotatable bonds is 8. The van der Waals surface area contributed by atoms with Gasteiger partial charge >= 0.3 is 5.97 Å². The van der Waals surface area contributed by atoms with Gasteiger partial charge in [0.05, 0.1) is 13.2 Å². The van der Waals surface area contributed by atoms with Crippen molar-refractivity contribution in [2.75, 3.05) is 19.7 Å². The molecule has 3 N–H and O–H groups in total. The molecule has 0 unspecified atom stereocenters. The van der Waals surface area contributed by atoms with E-state index < -0.39 is 24.5 Å². The molecule has 0 bridgehead atoms. The molecule has 1 atom stereocenters. The number of amides is 1. The van der Waals surface area contributed by atoms with Gasteiger partial charge in [-0.2, -0.15) is 0 Å². The van der Waals surface area contributed by atoms with Gasteiger partial charge in [-0.15, -0.1) is 0 Å². The maximum atomic E-state index is 11.8. The molecule has 1 heterocycles. The molecule has 0 aliphatic heterocycles. The van der Waals surface area contributed by atoms with Crippen LogP contribution in [0, 0.1) is 0 Å². The molecule has 0 radical (unpaired) electrons. The van der Waals surface area contributed by atoms with Crippen LogP contribution in [0.3, 0.4) is 0 Å². The van der Waals surface area contributed by atoms with E-state index in [0.717, 1.165) is 13.1 Å². The quantitative estimate of drug-likeness (QED) is 0.634. The number of carboxylic acid groups (broad SMARTS) is 1. The molecule has 1 aromatic rings. The summed E-state index contributed by atoms with van der Waals surface area (Å²) in [6.45, 7) is 5.70. The van der Waals surface area contributed by atoms with E-state index in [1.165, 1.54) is 6.07 Å². The van der Waals surface area contributed by atoms with Crippen LogP contribution in [0.4, 0.5) is 0 Å². The minimum atomic E-state index is -1.33. The van der Waals surface area contributed by atoms with Gasteiger partial charge in [-0.3, -0.25) is 9.69 Å². The largest absolute Gasteiger partial charge is 0.480 e. The summed E-state index contributed by atoms with van der Waals surface area (Å²) in [6, 6.07) is 1.84. The standard InChI is InChI=1S/C13H20N2O5/c1-3-15(4-2)7-9-5-6-11(20-9)12(17)14-10(8-16)13(18)19/h5-6,10,16H,3-4,7-8H2,1-2H3,(H,14,17)(H,18,19)/t10-/m1/s1. The summed E-state index contributed by atoms with van der Waals surface area (Å²) in [7, 11) is 0. The number of nitrogens with one attached hydrogen (secondary N) is 1. The molecule has 0 aromatic carbocycles. The first-order chi connectivity index (χ1) is 9.51. The van der Waals surface area contributed by atoms with Crippen LogP contribution in [0.25, 0.3) is 0 Å². The van der Waals surface area contributed by atoms with Gasteiger partial charge in [-0.1, -0.05) is 13.8 Å². The fourth-order valence-electron chi connectivity index (χ4n) is 1.67. The summed E-state index contributed by atoms with van der Waals surface area (Å²) >= 11 is 0. The molecule has 0 saturated carbocycles. The molecule has 0 saturated heterocycles. The van der Waals surface area contributed by atoms with E-state index in [4.69, 9.17) is 14.6 Å². The Hall–Kier alpha value is -1.86. The molecule has 1 amide bonds. The molecule has 7 nitrogen and oxygen atoms in total. The number of furan rings is 1. The van der Waals surface area contributed by atoms with Gasteiger partial charge in [0, 0.05) is 0 Å². The highest BCUT2D eigenvalue weighted by Gasteiger charge is 2.21. The lowest BCUT2D eigenvalue weighted by Gasteiger charge is -2.15. The number of aliphatic hydroxyl groups is 1. The van der Waals surface area contributed by atoms with Gasteiger partial charge < -0.3 is 19.9 Å². The highest BCUT2D eigenvalue weighted by molar-refractivity contribution is 5.94. The lowest BCUT2D eigenvalue weighted by molar-refractivity contribution is -0.140. The first-order valence-corrected chi connectivity index (χ1v) is 6.47. The molecule has 112 valence electrons. The van der Waals surface area contributed by atoms with Gasteiger partial charge in [0.25, 0.3) is 5.91 Å². The maximum absolute atomic E-state index is 11.8. The Kier molecular flexibility index (Phi) is 6.20. The third kappa shape index (κ3) is 4.36. The van der Waals surface area contributed by atoms with E-state index >= 15 is 0 Å². The highest BCUT2D eigenvalue weighted by Crippen LogP contribution is 2.10. The Morgan fingerprint density at radius 1 is 1.35 bits per heavy atom. The topological polar surface area (TPSA) is 103 Å². The van der Waals surface area contributed by atoms with Crippen LogP contribution in [0.2, 0.25) is 0 Å². The van der Waals surface area contributed by atoms with Crippen molar-refractivity contribution in [3.8, 4) is 0 Å². The van der Waals surface area contributed by atoms with Crippen LogP contribution < -0.4 is 5.32 Å². The average Bonchev–Trinajstić information content (AvgIpc) is 2.90. The summed E-state index contributed by atoms with van der Waals surface area (Å²) in [4.78, 5) is 24.6. The Morgan fingerprint density at radius 2 is 2.00 bits per heavy atom. The zero-order valence-corrected chi connectivity index (χ0v) is 11.6. The van der Waals surface area contributed by atoms with Crippen LogP contribution in [0.1, 0.15) is 30.2 Å². The second kappa shape index (κ2) is 7.66. The SMILES string of the molecule is CCN(CC)Cc1ccc(C(=O)N[C@H](CO)C(=O)O)o1. The van der Waals surface area contributed by atoms with Crippen LogP contribution >= 0.6 is 0 Å². The Bertz CT molecular complexity index is 453. The number of aliphatic hydroxyl groups excluding tert-OH is 1. The zero-order valence-electron chi connectivity index (χ0n) is 11.6. The van der Waals surface area contributed by atoms with Crippen molar-refractivity contribution >= 4 is 11.9 Å². The predicted octanol–water partition coefficient (Wildman–Crippen LogP) is 0.297. The van der Waals surface area contributed by atoms with E-state index in [1.807, 2.05) is 13.8 Å². The van der Waals surface area contributed by atoms with E-state index in [9.17, 15) is 9.59 Å². The van der Waals surface area contributed by atoms with E-state index in [1.54, 1.807) is 6.07 Å². The Labute approximate surface area is 117 Å². The number of nitrogens with zero attached hydrogens (tertiary/aromatic N) is 1. The van der Waals surface area contributed by atoms with Crippen molar-refractivity contribution in [3.63, 3.8) is 0 Å². The van der Waals surface area contributed by atoms with Crippen molar-refractivity contribution in [1.29, 1.82) is 0 Å². The maximum Gasteiger partial charge on any atom is 0.328 e. The molecule has 0 fully saturated rings. The van der Waals surface area contributed by atoms with Gasteiger partial charge in [-0.05, 0) is 25.2 Å². The van der Waals surface area contributed by atoms with Gasteiger partial charge in [0.15, 0.2) is 11.8 Å². The molecule has 0 aliphatic rings. The molecule has 1 rings (SSSR count). The molecule has 0 spiro atoms. The summed E-state index contributed by atoms with van der Waals surface area (Å²) < 4.78 is 5.38. The monoisotopic (exact) mass is 284 g/mol.